The van der Waals surface area contributed by atoms with Crippen LogP contribution in [-0.2, 0) is 20.9 Å². The lowest BCUT2D eigenvalue weighted by Crippen LogP contribution is -2.31. The molecule has 4 rings (SSSR count). The van der Waals surface area contributed by atoms with E-state index in [9.17, 15) is 14.7 Å². The second kappa shape index (κ2) is 12.5. The van der Waals surface area contributed by atoms with E-state index in [1.54, 1.807) is 37.6 Å². The van der Waals surface area contributed by atoms with Gasteiger partial charge in [-0.2, -0.15) is 0 Å². The Bertz CT molecular complexity index is 1370. The number of anilines is 1. The number of nitrogens with zero attached hydrogens (tertiary/aromatic N) is 1. The van der Waals surface area contributed by atoms with Gasteiger partial charge in [-0.25, -0.2) is 9.37 Å². The lowest BCUT2D eigenvalue weighted by molar-refractivity contribution is -0.142. The van der Waals surface area contributed by atoms with Crippen LogP contribution in [0, 0.1) is 5.82 Å². The predicted octanol–water partition coefficient (Wildman–Crippen LogP) is 3.35. The third-order valence-corrected chi connectivity index (χ3v) is 6.95. The van der Waals surface area contributed by atoms with Gasteiger partial charge in [-0.05, 0) is 64.9 Å². The topological polar surface area (TPSA) is 136 Å². The van der Waals surface area contributed by atoms with Crippen molar-refractivity contribution >= 4 is 29.3 Å². The van der Waals surface area contributed by atoms with Gasteiger partial charge in [-0.3, -0.25) is 9.59 Å². The molecular formula is C28H30ClFN4O5. The first-order valence-electron chi connectivity index (χ1n) is 12.3. The molecule has 206 valence electrons. The fraction of sp³-hybridized carbons (Fsp3) is 0.321. The number of hydrogen-bond acceptors (Lipinski definition) is 8. The molecule has 0 aliphatic carbocycles. The number of carbonyl (C=O) groups excluding carboxylic acids is 2. The largest absolute Gasteiger partial charge is 0.468 e. The summed E-state index contributed by atoms with van der Waals surface area (Å²) in [5.74, 6) is -1.57. The minimum absolute atomic E-state index is 0.00200. The highest BCUT2D eigenvalue weighted by molar-refractivity contribution is 6.30. The van der Waals surface area contributed by atoms with Gasteiger partial charge < -0.3 is 30.9 Å². The number of methoxy groups -OCH3 is 2. The number of esters is 1. The Hall–Kier alpha value is -3.57. The van der Waals surface area contributed by atoms with Crippen molar-refractivity contribution in [1.82, 2.24) is 15.6 Å². The second-order valence-electron chi connectivity index (χ2n) is 9.35. The molecule has 11 heteroatoms. The van der Waals surface area contributed by atoms with Crippen LogP contribution in [0.1, 0.15) is 45.4 Å². The monoisotopic (exact) mass is 556 g/mol. The van der Waals surface area contributed by atoms with E-state index in [0.717, 1.165) is 11.1 Å². The van der Waals surface area contributed by atoms with Crippen LogP contribution < -0.4 is 16.4 Å². The van der Waals surface area contributed by atoms with Crippen molar-refractivity contribution in [3.8, 4) is 11.1 Å². The molecule has 9 nitrogen and oxygen atoms in total. The summed E-state index contributed by atoms with van der Waals surface area (Å²) in [5.41, 5.74) is 9.06. The van der Waals surface area contributed by atoms with Crippen LogP contribution in [-0.4, -0.2) is 55.4 Å². The number of nitrogens with one attached hydrogen (secondary N) is 2. The average Bonchev–Trinajstić information content (AvgIpc) is 3.41. The standard InChI is InChI=1S/C28H30ClFN4O5/c1-38-14-15-5-17(7-20(29)6-15)25(13-35)34-27(36)21-4-3-16(9-23(21)30)22-8-18(12-33-26(22)31)19-10-24(32-11-19)28(37)39-2/h3-9,12,19,24-25,32,35H,10-11,13-14H2,1-2H3,(H2,31,33)(H,34,36)/t19-,24-,25+/m0/s1. The Morgan fingerprint density at radius 1 is 1.26 bits per heavy atom. The minimum atomic E-state index is -0.809. The van der Waals surface area contributed by atoms with E-state index in [1.807, 2.05) is 6.07 Å². The first kappa shape index (κ1) is 28.4. The number of hydrogen-bond donors (Lipinski definition) is 4. The summed E-state index contributed by atoms with van der Waals surface area (Å²) in [6.07, 6.45) is 2.18. The number of aliphatic hydroxyl groups is 1. The van der Waals surface area contributed by atoms with E-state index >= 15 is 4.39 Å². The number of benzene rings is 2. The molecule has 0 bridgehead atoms. The Morgan fingerprint density at radius 2 is 2.05 bits per heavy atom. The van der Waals surface area contributed by atoms with Gasteiger partial charge in [-0.1, -0.05) is 23.7 Å². The molecule has 1 fully saturated rings. The molecule has 5 N–H and O–H groups in total. The average molecular weight is 557 g/mol. The number of aliphatic hydroxyl groups excluding tert-OH is 1. The summed E-state index contributed by atoms with van der Waals surface area (Å²) >= 11 is 6.18. The lowest BCUT2D eigenvalue weighted by Gasteiger charge is -2.19. The van der Waals surface area contributed by atoms with Gasteiger partial charge in [0.2, 0.25) is 0 Å². The summed E-state index contributed by atoms with van der Waals surface area (Å²) in [6, 6.07) is 9.88. The van der Waals surface area contributed by atoms with Crippen LogP contribution in [0.3, 0.4) is 0 Å². The molecule has 1 aliphatic heterocycles. The van der Waals surface area contributed by atoms with Crippen LogP contribution >= 0.6 is 11.6 Å². The number of nitrogens with two attached hydrogens (primary N) is 1. The molecule has 3 aromatic rings. The summed E-state index contributed by atoms with van der Waals surface area (Å²) in [5, 5.41) is 16.1. The van der Waals surface area contributed by atoms with Gasteiger partial charge in [0.05, 0.1) is 31.9 Å². The Morgan fingerprint density at radius 3 is 2.74 bits per heavy atom. The molecule has 0 spiro atoms. The number of nitrogen functional groups attached to an aromatic ring is 1. The number of amides is 1. The van der Waals surface area contributed by atoms with Crippen LogP contribution in [0.2, 0.25) is 5.02 Å². The highest BCUT2D eigenvalue weighted by Crippen LogP contribution is 2.32. The molecule has 3 atom stereocenters. The maximum absolute atomic E-state index is 15.2. The van der Waals surface area contributed by atoms with Gasteiger partial charge in [-0.15, -0.1) is 0 Å². The molecule has 1 aromatic heterocycles. The van der Waals surface area contributed by atoms with E-state index in [2.05, 4.69) is 15.6 Å². The smallest absolute Gasteiger partial charge is 0.322 e. The van der Waals surface area contributed by atoms with Gasteiger partial charge >= 0.3 is 5.97 Å². The van der Waals surface area contributed by atoms with Crippen molar-refractivity contribution in [3.63, 3.8) is 0 Å². The summed E-state index contributed by atoms with van der Waals surface area (Å²) in [4.78, 5) is 29.1. The fourth-order valence-electron chi connectivity index (χ4n) is 4.72. The van der Waals surface area contributed by atoms with Gasteiger partial charge in [0.15, 0.2) is 0 Å². The van der Waals surface area contributed by atoms with Crippen molar-refractivity contribution in [1.29, 1.82) is 0 Å². The molecule has 0 radical (unpaired) electrons. The zero-order valence-electron chi connectivity index (χ0n) is 21.5. The van der Waals surface area contributed by atoms with Crippen molar-refractivity contribution in [2.45, 2.75) is 31.0 Å². The highest BCUT2D eigenvalue weighted by atomic mass is 35.5. The van der Waals surface area contributed by atoms with Crippen molar-refractivity contribution in [2.24, 2.45) is 0 Å². The van der Waals surface area contributed by atoms with E-state index in [1.165, 1.54) is 19.2 Å². The molecule has 2 heterocycles. The van der Waals surface area contributed by atoms with Gasteiger partial charge in [0.1, 0.15) is 17.7 Å². The van der Waals surface area contributed by atoms with Crippen molar-refractivity contribution in [3.05, 3.63) is 81.8 Å². The minimum Gasteiger partial charge on any atom is -0.468 e. The Balaban J connectivity index is 1.53. The Kier molecular flexibility index (Phi) is 9.13. The first-order chi connectivity index (χ1) is 18.7. The molecular weight excluding hydrogens is 527 g/mol. The van der Waals surface area contributed by atoms with E-state index < -0.39 is 30.4 Å². The normalized spacial score (nSPS) is 17.6. The number of carbonyl (C=O) groups is 2. The quantitative estimate of drug-likeness (QED) is 0.295. The van der Waals surface area contributed by atoms with E-state index in [0.29, 0.717) is 41.3 Å². The third-order valence-electron chi connectivity index (χ3n) is 6.73. The zero-order valence-corrected chi connectivity index (χ0v) is 22.3. The van der Waals surface area contributed by atoms with Crippen LogP contribution in [0.15, 0.2) is 48.7 Å². The summed E-state index contributed by atoms with van der Waals surface area (Å²) in [6.45, 7) is 0.446. The van der Waals surface area contributed by atoms with Crippen LogP contribution in [0.25, 0.3) is 11.1 Å². The maximum Gasteiger partial charge on any atom is 0.322 e. The number of rotatable bonds is 9. The van der Waals surface area contributed by atoms with Crippen LogP contribution in [0.5, 0.6) is 0 Å². The SMILES string of the molecule is COCc1cc(Cl)cc([C@@H](CO)NC(=O)c2ccc(-c3cc([C@@H]4CN[C@H](C(=O)OC)C4)cnc3N)cc2F)c1. The number of ether oxygens (including phenoxy) is 2. The summed E-state index contributed by atoms with van der Waals surface area (Å²) < 4.78 is 25.2. The molecule has 2 aromatic carbocycles. The highest BCUT2D eigenvalue weighted by Gasteiger charge is 2.31. The molecule has 1 saturated heterocycles. The second-order valence-corrected chi connectivity index (χ2v) is 9.78. The first-order valence-corrected chi connectivity index (χ1v) is 12.7. The van der Waals surface area contributed by atoms with Gasteiger partial charge in [0.25, 0.3) is 5.91 Å². The number of halogens is 2. The number of pyridine rings is 1. The van der Waals surface area contributed by atoms with Crippen molar-refractivity contribution < 1.29 is 28.6 Å². The lowest BCUT2D eigenvalue weighted by atomic mass is 9.94. The zero-order chi connectivity index (χ0) is 28.1. The van der Waals surface area contributed by atoms with Crippen molar-refractivity contribution in [2.75, 3.05) is 33.1 Å². The fourth-order valence-corrected chi connectivity index (χ4v) is 4.99. The summed E-state index contributed by atoms with van der Waals surface area (Å²) in [7, 11) is 2.89. The molecule has 1 aliphatic rings. The Labute approximate surface area is 230 Å². The third kappa shape index (κ3) is 6.54. The molecule has 1 amide bonds. The number of aromatic nitrogens is 1. The predicted molar refractivity (Wildman–Crippen MR) is 145 cm³/mol. The van der Waals surface area contributed by atoms with E-state index in [4.69, 9.17) is 26.8 Å². The molecule has 0 unspecified atom stereocenters. The maximum atomic E-state index is 15.2. The van der Waals surface area contributed by atoms with Gasteiger partial charge in [0, 0.05) is 30.4 Å². The molecule has 0 saturated carbocycles. The van der Waals surface area contributed by atoms with Crippen LogP contribution in [0.4, 0.5) is 10.2 Å². The van der Waals surface area contributed by atoms with E-state index in [-0.39, 0.29) is 23.3 Å². The molecule has 39 heavy (non-hydrogen) atoms.